The fourth-order valence-electron chi connectivity index (χ4n) is 2.44. The molecule has 216 valence electrons. The van der Waals surface area contributed by atoms with Crippen molar-refractivity contribution in [2.75, 3.05) is 25.0 Å². The Morgan fingerprint density at radius 2 is 1.42 bits per heavy atom. The molecule has 38 heavy (non-hydrogen) atoms. The summed E-state index contributed by atoms with van der Waals surface area (Å²) in [5.74, 6) is -1.37. The number of carbonyl (C=O) groups is 5. The zero-order chi connectivity index (χ0) is 29.7. The summed E-state index contributed by atoms with van der Waals surface area (Å²) in [6.07, 6.45) is 1.75. The third-order valence-electron chi connectivity index (χ3n) is 4.10. The van der Waals surface area contributed by atoms with Gasteiger partial charge in [-0.2, -0.15) is 0 Å². The van der Waals surface area contributed by atoms with Crippen molar-refractivity contribution in [3.8, 4) is 0 Å². The molecule has 0 saturated carbocycles. The smallest absolute Gasteiger partial charge is 0.338 e. The van der Waals surface area contributed by atoms with Gasteiger partial charge in [-0.15, -0.1) is 0 Å². The van der Waals surface area contributed by atoms with Crippen LogP contribution in [0.1, 0.15) is 71.2 Å². The molecule has 0 aliphatic heterocycles. The Morgan fingerprint density at radius 3 is 1.87 bits per heavy atom. The number of primary amides is 2. The maximum Gasteiger partial charge on any atom is 0.338 e. The number of anilines is 1. The van der Waals surface area contributed by atoms with Crippen molar-refractivity contribution in [1.29, 1.82) is 0 Å². The first kappa shape index (κ1) is 36.3. The van der Waals surface area contributed by atoms with E-state index in [2.05, 4.69) is 21.3 Å². The summed E-state index contributed by atoms with van der Waals surface area (Å²) in [6.45, 7) is 12.0. The lowest BCUT2D eigenvalue weighted by atomic mass is 10.1. The molecule has 13 nitrogen and oxygen atoms in total. The summed E-state index contributed by atoms with van der Waals surface area (Å²) in [5.41, 5.74) is 15.6. The molecular weight excluding hydrogens is 494 g/mol. The number of hydrogen-bond donors (Lipinski definition) is 7. The van der Waals surface area contributed by atoms with Gasteiger partial charge in [-0.05, 0) is 64.3 Å². The Labute approximate surface area is 225 Å². The highest BCUT2D eigenvalue weighted by atomic mass is 16.6. The molecule has 1 unspecified atom stereocenters. The molecule has 1 rings (SSSR count). The molecule has 0 radical (unpaired) electrons. The molecular formula is C25H45N7O6. The number of esters is 1. The Kier molecular flexibility index (Phi) is 19.3. The first-order chi connectivity index (χ1) is 17.7. The van der Waals surface area contributed by atoms with Gasteiger partial charge in [0.2, 0.25) is 11.8 Å². The average molecular weight is 540 g/mol. The van der Waals surface area contributed by atoms with Crippen molar-refractivity contribution in [2.45, 2.75) is 72.4 Å². The summed E-state index contributed by atoms with van der Waals surface area (Å²) < 4.78 is 5.27. The second-order valence-electron chi connectivity index (χ2n) is 8.68. The monoisotopic (exact) mass is 539 g/mol. The molecule has 1 aromatic carbocycles. The number of carbonyl (C=O) groups excluding carboxylic acids is 5. The van der Waals surface area contributed by atoms with E-state index in [0.717, 1.165) is 6.42 Å². The molecule has 0 fully saturated rings. The van der Waals surface area contributed by atoms with Gasteiger partial charge in [0.25, 0.3) is 0 Å². The topological polar surface area (TPSA) is 221 Å². The number of rotatable bonds is 11. The van der Waals surface area contributed by atoms with E-state index in [1.54, 1.807) is 32.9 Å². The number of hydrogen-bond acceptors (Lipinski definition) is 7. The first-order valence-corrected chi connectivity index (χ1v) is 12.5. The standard InChI is InChI=1S/C19H29N5O5.C4H10N2O.C2H6/c1-19(2,3)29-17(27)12-6-8-13(9-7-12)24-15(25)11-23-16(26)14(20)5-4-10-22-18(21)28;1-2-3-6-4(5)7;1-2/h6-9,14H,4-5,10-11,20H2,1-3H3,(H,23,26)(H,24,25)(H3,21,22,28);2-3H2,1H3,(H3,5,6,7);1-2H3. The van der Waals surface area contributed by atoms with Gasteiger partial charge in [-0.1, -0.05) is 20.8 Å². The van der Waals surface area contributed by atoms with Gasteiger partial charge in [0.05, 0.1) is 18.2 Å². The molecule has 0 aromatic heterocycles. The largest absolute Gasteiger partial charge is 0.456 e. The predicted octanol–water partition coefficient (Wildman–Crippen LogP) is 1.56. The molecule has 0 heterocycles. The maximum atomic E-state index is 12.0. The number of nitrogens with one attached hydrogen (secondary N) is 4. The number of urea groups is 2. The normalized spacial score (nSPS) is 10.7. The second-order valence-corrected chi connectivity index (χ2v) is 8.68. The quantitative estimate of drug-likeness (QED) is 0.162. The van der Waals surface area contributed by atoms with Crippen LogP contribution in [0.4, 0.5) is 15.3 Å². The highest BCUT2D eigenvalue weighted by molar-refractivity contribution is 5.96. The summed E-state index contributed by atoms with van der Waals surface area (Å²) >= 11 is 0. The van der Waals surface area contributed by atoms with Crippen LogP contribution in [0.5, 0.6) is 0 Å². The van der Waals surface area contributed by atoms with Crippen LogP contribution >= 0.6 is 0 Å². The number of amides is 6. The summed E-state index contributed by atoms with van der Waals surface area (Å²) in [7, 11) is 0. The van der Waals surface area contributed by atoms with Crippen LogP contribution in [0.25, 0.3) is 0 Å². The Morgan fingerprint density at radius 1 is 0.895 bits per heavy atom. The van der Waals surface area contributed by atoms with Crippen molar-refractivity contribution in [3.63, 3.8) is 0 Å². The summed E-state index contributed by atoms with van der Waals surface area (Å²) in [4.78, 5) is 56.2. The van der Waals surface area contributed by atoms with Gasteiger partial charge in [0.1, 0.15) is 5.60 Å². The molecule has 13 heteroatoms. The second kappa shape index (κ2) is 20.2. The van der Waals surface area contributed by atoms with E-state index in [9.17, 15) is 24.0 Å². The highest BCUT2D eigenvalue weighted by Gasteiger charge is 2.18. The van der Waals surface area contributed by atoms with Crippen molar-refractivity contribution in [1.82, 2.24) is 16.0 Å². The van der Waals surface area contributed by atoms with Crippen LogP contribution in [-0.4, -0.2) is 61.1 Å². The minimum Gasteiger partial charge on any atom is -0.456 e. The van der Waals surface area contributed by atoms with Crippen LogP contribution in [-0.2, 0) is 14.3 Å². The van der Waals surface area contributed by atoms with Crippen LogP contribution < -0.4 is 38.5 Å². The third kappa shape index (κ3) is 20.3. The third-order valence-corrected chi connectivity index (χ3v) is 4.10. The molecule has 0 saturated heterocycles. The van der Waals surface area contributed by atoms with Crippen LogP contribution in [0, 0.1) is 0 Å². The van der Waals surface area contributed by atoms with Crippen LogP contribution in [0.2, 0.25) is 0 Å². The molecule has 1 atom stereocenters. The lowest BCUT2D eigenvalue weighted by molar-refractivity contribution is -0.125. The predicted molar refractivity (Wildman–Crippen MR) is 147 cm³/mol. The van der Waals surface area contributed by atoms with Crippen molar-refractivity contribution >= 4 is 35.5 Å². The number of nitrogens with two attached hydrogens (primary N) is 3. The first-order valence-electron chi connectivity index (χ1n) is 12.5. The molecule has 6 amide bonds. The summed E-state index contributed by atoms with van der Waals surface area (Å²) in [5, 5.41) is 9.88. The van der Waals surface area contributed by atoms with E-state index in [1.807, 2.05) is 20.8 Å². The molecule has 0 spiro atoms. The van der Waals surface area contributed by atoms with Gasteiger partial charge in [0, 0.05) is 18.8 Å². The molecule has 0 aliphatic rings. The van der Waals surface area contributed by atoms with Gasteiger partial charge < -0.3 is 43.2 Å². The average Bonchev–Trinajstić information content (AvgIpc) is 2.84. The zero-order valence-electron chi connectivity index (χ0n) is 23.3. The SMILES string of the molecule is CC.CC(C)(C)OC(=O)c1ccc(NC(=O)CNC(=O)C(N)CCCNC(N)=O)cc1.CCCNC(N)=O. The van der Waals surface area contributed by atoms with Gasteiger partial charge in [-0.3, -0.25) is 9.59 Å². The Bertz CT molecular complexity index is 870. The van der Waals surface area contributed by atoms with Crippen molar-refractivity contribution < 1.29 is 28.7 Å². The Hall–Kier alpha value is -3.87. The van der Waals surface area contributed by atoms with Crippen LogP contribution in [0.3, 0.4) is 0 Å². The van der Waals surface area contributed by atoms with E-state index in [1.165, 1.54) is 12.1 Å². The Balaban J connectivity index is 0. The minimum atomic E-state index is -0.800. The zero-order valence-corrected chi connectivity index (χ0v) is 23.3. The lowest BCUT2D eigenvalue weighted by Gasteiger charge is -2.19. The molecule has 0 aliphatic carbocycles. The van der Waals surface area contributed by atoms with E-state index < -0.39 is 41.5 Å². The van der Waals surface area contributed by atoms with E-state index >= 15 is 0 Å². The maximum absolute atomic E-state index is 12.0. The number of ether oxygens (including phenoxy) is 1. The fourth-order valence-corrected chi connectivity index (χ4v) is 2.44. The van der Waals surface area contributed by atoms with Crippen LogP contribution in [0.15, 0.2) is 24.3 Å². The minimum absolute atomic E-state index is 0.250. The highest BCUT2D eigenvalue weighted by Crippen LogP contribution is 2.14. The molecule has 10 N–H and O–H groups in total. The van der Waals surface area contributed by atoms with E-state index in [-0.39, 0.29) is 6.54 Å². The fraction of sp³-hybridized carbons (Fsp3) is 0.560. The number of benzene rings is 1. The van der Waals surface area contributed by atoms with Gasteiger partial charge >= 0.3 is 18.0 Å². The van der Waals surface area contributed by atoms with Crippen molar-refractivity contribution in [2.24, 2.45) is 17.2 Å². The van der Waals surface area contributed by atoms with Gasteiger partial charge in [-0.25, -0.2) is 14.4 Å². The van der Waals surface area contributed by atoms with E-state index in [0.29, 0.717) is 37.2 Å². The lowest BCUT2D eigenvalue weighted by Crippen LogP contribution is -2.44. The summed E-state index contributed by atoms with van der Waals surface area (Å²) in [6, 6.07) is 4.33. The molecule has 0 bridgehead atoms. The van der Waals surface area contributed by atoms with E-state index in [4.69, 9.17) is 21.9 Å². The van der Waals surface area contributed by atoms with Crippen molar-refractivity contribution in [3.05, 3.63) is 29.8 Å². The molecule has 1 aromatic rings. The van der Waals surface area contributed by atoms with Gasteiger partial charge in [0.15, 0.2) is 0 Å².